The van der Waals surface area contributed by atoms with Gasteiger partial charge in [0.05, 0.1) is 24.3 Å². The van der Waals surface area contributed by atoms with Gasteiger partial charge in [0.1, 0.15) is 0 Å². The second kappa shape index (κ2) is 6.02. The van der Waals surface area contributed by atoms with E-state index in [0.717, 1.165) is 29.0 Å². The van der Waals surface area contributed by atoms with Gasteiger partial charge in [0.25, 0.3) is 0 Å². The van der Waals surface area contributed by atoms with Gasteiger partial charge in [0.2, 0.25) is 0 Å². The number of amides is 2. The predicted molar refractivity (Wildman–Crippen MR) is 88.4 cm³/mol. The Bertz CT molecular complexity index is 592. The molecular formula is C16H18N2O2S2. The first kappa shape index (κ1) is 14.2. The highest BCUT2D eigenvalue weighted by molar-refractivity contribution is 7.11. The van der Waals surface area contributed by atoms with Crippen LogP contribution >= 0.6 is 22.7 Å². The monoisotopic (exact) mass is 334 g/mol. The van der Waals surface area contributed by atoms with Gasteiger partial charge in [0, 0.05) is 9.75 Å². The summed E-state index contributed by atoms with van der Waals surface area (Å²) in [5.41, 5.74) is 0. The van der Waals surface area contributed by atoms with E-state index in [4.69, 9.17) is 4.74 Å². The zero-order valence-corrected chi connectivity index (χ0v) is 13.7. The van der Waals surface area contributed by atoms with E-state index in [9.17, 15) is 4.79 Å². The van der Waals surface area contributed by atoms with Gasteiger partial charge in [-0.3, -0.25) is 0 Å². The molecule has 3 atom stereocenters. The first-order chi connectivity index (χ1) is 10.8. The van der Waals surface area contributed by atoms with Crippen LogP contribution in [-0.4, -0.2) is 24.3 Å². The van der Waals surface area contributed by atoms with E-state index < -0.39 is 0 Å². The third-order valence-electron chi connectivity index (χ3n) is 4.35. The number of ether oxygens (including phenoxy) is 1. The third-order valence-corrected chi connectivity index (χ3v) is 6.23. The molecule has 6 heteroatoms. The van der Waals surface area contributed by atoms with Crippen molar-refractivity contribution in [3.05, 3.63) is 44.8 Å². The molecule has 4 rings (SSSR count). The Kier molecular flexibility index (Phi) is 3.90. The van der Waals surface area contributed by atoms with Gasteiger partial charge in [-0.2, -0.15) is 0 Å². The normalized spacial score (nSPS) is 26.5. The summed E-state index contributed by atoms with van der Waals surface area (Å²) in [7, 11) is 0. The predicted octanol–water partition coefficient (Wildman–Crippen LogP) is 3.52. The Morgan fingerprint density at radius 3 is 2.41 bits per heavy atom. The molecule has 2 amide bonds. The first-order valence-corrected chi connectivity index (χ1v) is 9.35. The van der Waals surface area contributed by atoms with Gasteiger partial charge < -0.3 is 15.4 Å². The summed E-state index contributed by atoms with van der Waals surface area (Å²) in [6.07, 6.45) is 3.70. The molecule has 0 aromatic carbocycles. The summed E-state index contributed by atoms with van der Waals surface area (Å²) in [5, 5.41) is 10.3. The summed E-state index contributed by atoms with van der Waals surface area (Å²) in [6.45, 7) is 0. The molecule has 0 radical (unpaired) electrons. The average molecular weight is 334 g/mol. The van der Waals surface area contributed by atoms with E-state index in [2.05, 4.69) is 22.8 Å². The quantitative estimate of drug-likeness (QED) is 0.899. The number of rotatable bonds is 4. The van der Waals surface area contributed by atoms with Crippen molar-refractivity contribution in [2.45, 2.75) is 43.6 Å². The lowest BCUT2D eigenvalue weighted by molar-refractivity contribution is 0.0980. The van der Waals surface area contributed by atoms with E-state index in [0.29, 0.717) is 6.10 Å². The van der Waals surface area contributed by atoms with Crippen LogP contribution in [0.1, 0.15) is 35.1 Å². The van der Waals surface area contributed by atoms with Crippen molar-refractivity contribution in [2.75, 3.05) is 0 Å². The number of carbonyl (C=O) groups is 1. The fourth-order valence-electron chi connectivity index (χ4n) is 3.32. The summed E-state index contributed by atoms with van der Waals surface area (Å²) in [4.78, 5) is 14.7. The topological polar surface area (TPSA) is 50.4 Å². The Balaban J connectivity index is 1.44. The van der Waals surface area contributed by atoms with Crippen LogP contribution in [0.2, 0.25) is 0 Å². The number of nitrogens with one attached hydrogen (secondary N) is 2. The van der Waals surface area contributed by atoms with Gasteiger partial charge in [-0.1, -0.05) is 12.1 Å². The van der Waals surface area contributed by atoms with E-state index in [1.165, 1.54) is 0 Å². The molecular weight excluding hydrogens is 316 g/mol. The van der Waals surface area contributed by atoms with Crippen LogP contribution in [0, 0.1) is 0 Å². The highest BCUT2D eigenvalue weighted by Crippen LogP contribution is 2.34. The van der Waals surface area contributed by atoms with Crippen molar-refractivity contribution >= 4 is 28.7 Å². The summed E-state index contributed by atoms with van der Waals surface area (Å²) >= 11 is 3.33. The number of thiophene rings is 2. The minimum absolute atomic E-state index is 0.0699. The first-order valence-electron chi connectivity index (χ1n) is 7.59. The SMILES string of the molecule is O=C(NC(c1cccs1)c1cccs1)NC1CC2CCC1O2. The number of hydrogen-bond acceptors (Lipinski definition) is 4. The van der Waals surface area contributed by atoms with Crippen molar-refractivity contribution < 1.29 is 9.53 Å². The standard InChI is InChI=1S/C16H18N2O2S2/c19-16(17-11-9-10-5-6-12(11)20-10)18-15(13-3-1-7-21-13)14-4-2-8-22-14/h1-4,7-8,10-12,15H,5-6,9H2,(H2,17,18,19). The molecule has 4 nitrogen and oxygen atoms in total. The molecule has 116 valence electrons. The molecule has 4 heterocycles. The Hall–Kier alpha value is -1.37. The Morgan fingerprint density at radius 1 is 1.18 bits per heavy atom. The molecule has 3 unspecified atom stereocenters. The number of carbonyl (C=O) groups excluding carboxylic acids is 1. The highest BCUT2D eigenvalue weighted by atomic mass is 32.1. The minimum Gasteiger partial charge on any atom is -0.373 e. The molecule has 2 N–H and O–H groups in total. The molecule has 2 fully saturated rings. The van der Waals surface area contributed by atoms with Crippen molar-refractivity contribution in [3.8, 4) is 0 Å². The summed E-state index contributed by atoms with van der Waals surface area (Å²) < 4.78 is 5.80. The molecule has 2 bridgehead atoms. The zero-order valence-electron chi connectivity index (χ0n) is 12.0. The fraction of sp³-hybridized carbons (Fsp3) is 0.438. The Morgan fingerprint density at radius 2 is 1.91 bits per heavy atom. The Labute approximate surface area is 137 Å². The maximum Gasteiger partial charge on any atom is 0.315 e. The smallest absolute Gasteiger partial charge is 0.315 e. The molecule has 0 aliphatic carbocycles. The second-order valence-electron chi connectivity index (χ2n) is 5.80. The molecule has 2 aromatic heterocycles. The van der Waals surface area contributed by atoms with E-state index in [1.807, 2.05) is 22.9 Å². The molecule has 2 aromatic rings. The lowest BCUT2D eigenvalue weighted by atomic mass is 9.96. The van der Waals surface area contributed by atoms with Gasteiger partial charge in [-0.25, -0.2) is 4.79 Å². The highest BCUT2D eigenvalue weighted by Gasteiger charge is 2.41. The fourth-order valence-corrected chi connectivity index (χ4v) is 4.99. The van der Waals surface area contributed by atoms with Gasteiger partial charge >= 0.3 is 6.03 Å². The largest absolute Gasteiger partial charge is 0.373 e. The maximum atomic E-state index is 12.4. The number of urea groups is 1. The van der Waals surface area contributed by atoms with Crippen LogP contribution in [0.4, 0.5) is 4.79 Å². The maximum absolute atomic E-state index is 12.4. The van der Waals surface area contributed by atoms with Crippen LogP contribution in [0.15, 0.2) is 35.0 Å². The molecule has 2 aliphatic rings. The van der Waals surface area contributed by atoms with Gasteiger partial charge in [0.15, 0.2) is 0 Å². The molecule has 2 aliphatic heterocycles. The molecule has 0 spiro atoms. The van der Waals surface area contributed by atoms with Crippen molar-refractivity contribution in [3.63, 3.8) is 0 Å². The van der Waals surface area contributed by atoms with Crippen molar-refractivity contribution in [1.29, 1.82) is 0 Å². The van der Waals surface area contributed by atoms with Crippen molar-refractivity contribution in [2.24, 2.45) is 0 Å². The molecule has 0 saturated carbocycles. The zero-order chi connectivity index (χ0) is 14.9. The van der Waals surface area contributed by atoms with Crippen LogP contribution < -0.4 is 10.6 Å². The van der Waals surface area contributed by atoms with Gasteiger partial charge in [-0.05, 0) is 42.2 Å². The lowest BCUT2D eigenvalue weighted by Gasteiger charge is -2.22. The van der Waals surface area contributed by atoms with Crippen LogP contribution in [0.25, 0.3) is 0 Å². The lowest BCUT2D eigenvalue weighted by Crippen LogP contribution is -2.47. The summed E-state index contributed by atoms with van der Waals surface area (Å²) in [5.74, 6) is 0. The molecule has 22 heavy (non-hydrogen) atoms. The average Bonchev–Trinajstić information content (AvgIpc) is 3.28. The van der Waals surface area contributed by atoms with Crippen LogP contribution in [-0.2, 0) is 4.74 Å². The molecule has 2 saturated heterocycles. The van der Waals surface area contributed by atoms with E-state index in [1.54, 1.807) is 22.7 Å². The van der Waals surface area contributed by atoms with Gasteiger partial charge in [-0.15, -0.1) is 22.7 Å². The van der Waals surface area contributed by atoms with Crippen molar-refractivity contribution in [1.82, 2.24) is 10.6 Å². The van der Waals surface area contributed by atoms with E-state index in [-0.39, 0.29) is 24.2 Å². The third kappa shape index (κ3) is 2.78. The van der Waals surface area contributed by atoms with Crippen LogP contribution in [0.3, 0.4) is 0 Å². The van der Waals surface area contributed by atoms with E-state index >= 15 is 0 Å². The number of hydrogen-bond donors (Lipinski definition) is 2. The summed E-state index contributed by atoms with van der Waals surface area (Å²) in [6, 6.07) is 8.15. The number of fused-ring (bicyclic) bond motifs is 2. The minimum atomic E-state index is -0.104. The second-order valence-corrected chi connectivity index (χ2v) is 7.76. The van der Waals surface area contributed by atoms with Crippen LogP contribution in [0.5, 0.6) is 0 Å².